The maximum atomic E-state index is 13.0. The molecule has 2 atom stereocenters. The van der Waals surface area contributed by atoms with Gasteiger partial charge in [-0.2, -0.15) is 0 Å². The maximum Gasteiger partial charge on any atom is 0.101 e. The van der Waals surface area contributed by atoms with E-state index >= 15 is 0 Å². The lowest BCUT2D eigenvalue weighted by molar-refractivity contribution is 0.0721. The van der Waals surface area contributed by atoms with Crippen LogP contribution in [0.2, 0.25) is 0 Å². The second-order valence-electron chi connectivity index (χ2n) is 5.18. The van der Waals surface area contributed by atoms with Gasteiger partial charge in [-0.15, -0.1) is 11.8 Å². The fourth-order valence-electron chi connectivity index (χ4n) is 2.69. The molecule has 0 saturated heterocycles. The van der Waals surface area contributed by atoms with Crippen LogP contribution in [-0.2, 0) is 4.74 Å². The van der Waals surface area contributed by atoms with E-state index in [1.54, 1.807) is 0 Å². The molecule has 1 aromatic rings. The molecule has 1 aliphatic carbocycles. The molecule has 1 fully saturated rings. The minimum absolute atomic E-state index is 0.545. The number of azide groups is 1. The Labute approximate surface area is 128 Å². The van der Waals surface area contributed by atoms with Crippen molar-refractivity contribution < 1.29 is 9.13 Å². The molecular weight excluding hydrogens is 289 g/mol. The molecule has 1 aromatic carbocycles. The van der Waals surface area contributed by atoms with Crippen molar-refractivity contribution in [2.45, 2.75) is 48.0 Å². The SMILES string of the molecule is CO[C@H](c1ccc(SC2CCCC2)cc1)[C@@H](CF)N=[N+]=[N-]. The third-order valence-corrected chi connectivity index (χ3v) is 5.12. The predicted octanol–water partition coefficient (Wildman–Crippen LogP) is 5.06. The van der Waals surface area contributed by atoms with Gasteiger partial charge in [0, 0.05) is 22.2 Å². The number of hydrogen-bond donors (Lipinski definition) is 0. The highest BCUT2D eigenvalue weighted by atomic mass is 32.2. The van der Waals surface area contributed by atoms with Crippen LogP contribution in [0.4, 0.5) is 4.39 Å². The zero-order valence-electron chi connectivity index (χ0n) is 12.1. The summed E-state index contributed by atoms with van der Waals surface area (Å²) in [7, 11) is 1.50. The van der Waals surface area contributed by atoms with Crippen LogP contribution in [0.5, 0.6) is 0 Å². The highest BCUT2D eigenvalue weighted by Crippen LogP contribution is 2.35. The van der Waals surface area contributed by atoms with Gasteiger partial charge in [0.05, 0.1) is 12.1 Å². The Balaban J connectivity index is 2.06. The molecule has 1 saturated carbocycles. The number of ether oxygens (including phenoxy) is 1. The highest BCUT2D eigenvalue weighted by Gasteiger charge is 2.22. The molecule has 0 heterocycles. The lowest BCUT2D eigenvalue weighted by Gasteiger charge is -2.20. The van der Waals surface area contributed by atoms with Crippen molar-refractivity contribution >= 4 is 11.8 Å². The number of rotatable bonds is 7. The maximum absolute atomic E-state index is 13.0. The minimum Gasteiger partial charge on any atom is -0.376 e. The Bertz CT molecular complexity index is 484. The van der Waals surface area contributed by atoms with Crippen molar-refractivity contribution in [3.63, 3.8) is 0 Å². The Hall–Kier alpha value is -1.23. The van der Waals surface area contributed by atoms with Gasteiger partial charge in [-0.05, 0) is 36.1 Å². The van der Waals surface area contributed by atoms with E-state index in [2.05, 4.69) is 10.0 Å². The molecule has 1 aliphatic rings. The highest BCUT2D eigenvalue weighted by molar-refractivity contribution is 8.00. The van der Waals surface area contributed by atoms with Crippen molar-refractivity contribution in [1.29, 1.82) is 0 Å². The molecule has 21 heavy (non-hydrogen) atoms. The average Bonchev–Trinajstić information content (AvgIpc) is 3.01. The van der Waals surface area contributed by atoms with Crippen LogP contribution in [0.15, 0.2) is 34.3 Å². The van der Waals surface area contributed by atoms with Gasteiger partial charge in [-0.1, -0.05) is 30.1 Å². The first-order chi connectivity index (χ1) is 10.3. The van der Waals surface area contributed by atoms with Gasteiger partial charge in [0.2, 0.25) is 0 Å². The summed E-state index contributed by atoms with van der Waals surface area (Å²) in [5.74, 6) is 0. The number of benzene rings is 1. The number of nitrogens with zero attached hydrogens (tertiary/aromatic N) is 3. The van der Waals surface area contributed by atoms with Gasteiger partial charge in [-0.25, -0.2) is 0 Å². The van der Waals surface area contributed by atoms with Crippen LogP contribution < -0.4 is 0 Å². The van der Waals surface area contributed by atoms with E-state index in [0.29, 0.717) is 0 Å². The molecule has 0 amide bonds. The first-order valence-electron chi connectivity index (χ1n) is 7.18. The molecule has 0 radical (unpaired) electrons. The van der Waals surface area contributed by atoms with Crippen molar-refractivity contribution in [2.24, 2.45) is 5.11 Å². The van der Waals surface area contributed by atoms with Crippen molar-refractivity contribution in [3.05, 3.63) is 40.3 Å². The lowest BCUT2D eigenvalue weighted by Crippen LogP contribution is -2.20. The molecule has 2 rings (SSSR count). The Morgan fingerprint density at radius 3 is 2.57 bits per heavy atom. The number of thioether (sulfide) groups is 1. The van der Waals surface area contributed by atoms with Crippen LogP contribution >= 0.6 is 11.8 Å². The Kier molecular flexibility index (Phi) is 6.36. The summed E-state index contributed by atoms with van der Waals surface area (Å²) in [6.45, 7) is -0.735. The zero-order chi connectivity index (χ0) is 15.1. The van der Waals surface area contributed by atoms with Gasteiger partial charge in [0.25, 0.3) is 0 Å². The number of methoxy groups -OCH3 is 1. The van der Waals surface area contributed by atoms with Gasteiger partial charge >= 0.3 is 0 Å². The summed E-state index contributed by atoms with van der Waals surface area (Å²) < 4.78 is 18.3. The average molecular weight is 309 g/mol. The Morgan fingerprint density at radius 1 is 1.38 bits per heavy atom. The summed E-state index contributed by atoms with van der Waals surface area (Å²) in [4.78, 5) is 3.91. The second kappa shape index (κ2) is 8.27. The van der Waals surface area contributed by atoms with Gasteiger partial charge in [0.15, 0.2) is 0 Å². The van der Waals surface area contributed by atoms with E-state index in [0.717, 1.165) is 10.8 Å². The minimum atomic E-state index is -0.826. The molecule has 0 unspecified atom stereocenters. The quantitative estimate of drug-likeness (QED) is 0.401. The fourth-order valence-corrected chi connectivity index (χ4v) is 3.94. The van der Waals surface area contributed by atoms with Crippen molar-refractivity contribution in [1.82, 2.24) is 0 Å². The molecule has 0 bridgehead atoms. The summed E-state index contributed by atoms with van der Waals surface area (Å²) in [6, 6.07) is 7.11. The van der Waals surface area contributed by atoms with Crippen molar-refractivity contribution in [2.75, 3.05) is 13.8 Å². The lowest BCUT2D eigenvalue weighted by atomic mass is 10.0. The standard InChI is InChI=1S/C15H20FN3OS/c1-20-15(14(10-16)18-19-17)11-6-8-13(9-7-11)21-12-4-2-3-5-12/h6-9,12,14-15H,2-5,10H2,1H3/t14-,15-/m1/s1. The topological polar surface area (TPSA) is 58.0 Å². The summed E-state index contributed by atoms with van der Waals surface area (Å²) in [6.07, 6.45) is 4.68. The zero-order valence-corrected chi connectivity index (χ0v) is 12.9. The normalized spacial score (nSPS) is 18.2. The predicted molar refractivity (Wildman–Crippen MR) is 83.2 cm³/mol. The first kappa shape index (κ1) is 16.1. The molecule has 4 nitrogen and oxygen atoms in total. The molecule has 0 N–H and O–H groups in total. The Morgan fingerprint density at radius 2 is 2.05 bits per heavy atom. The fraction of sp³-hybridized carbons (Fsp3) is 0.600. The van der Waals surface area contributed by atoms with Crippen molar-refractivity contribution in [3.8, 4) is 0 Å². The monoisotopic (exact) mass is 309 g/mol. The van der Waals surface area contributed by atoms with E-state index in [4.69, 9.17) is 10.3 Å². The van der Waals surface area contributed by atoms with Crippen LogP contribution in [0.3, 0.4) is 0 Å². The third kappa shape index (κ3) is 4.37. The van der Waals surface area contributed by atoms with E-state index < -0.39 is 18.8 Å². The largest absolute Gasteiger partial charge is 0.376 e. The van der Waals surface area contributed by atoms with E-state index in [1.165, 1.54) is 37.7 Å². The van der Waals surface area contributed by atoms with Crippen LogP contribution in [0.25, 0.3) is 10.4 Å². The summed E-state index contributed by atoms with van der Waals surface area (Å²) in [5.41, 5.74) is 9.33. The summed E-state index contributed by atoms with van der Waals surface area (Å²) >= 11 is 1.91. The second-order valence-corrected chi connectivity index (χ2v) is 6.55. The molecule has 0 aromatic heterocycles. The number of halogens is 1. The van der Waals surface area contributed by atoms with E-state index in [-0.39, 0.29) is 0 Å². The number of alkyl halides is 1. The molecule has 6 heteroatoms. The van der Waals surface area contributed by atoms with E-state index in [1.807, 2.05) is 36.0 Å². The molecule has 114 valence electrons. The number of hydrogen-bond acceptors (Lipinski definition) is 3. The first-order valence-corrected chi connectivity index (χ1v) is 8.06. The van der Waals surface area contributed by atoms with E-state index in [9.17, 15) is 4.39 Å². The van der Waals surface area contributed by atoms with Gasteiger partial charge in [-0.3, -0.25) is 4.39 Å². The smallest absolute Gasteiger partial charge is 0.101 e. The van der Waals surface area contributed by atoms with Gasteiger partial charge in [0.1, 0.15) is 6.67 Å². The molecule has 0 spiro atoms. The van der Waals surface area contributed by atoms with Crippen LogP contribution in [-0.4, -0.2) is 25.1 Å². The molecular formula is C15H20FN3OS. The third-order valence-electron chi connectivity index (χ3n) is 3.78. The van der Waals surface area contributed by atoms with Crippen LogP contribution in [0.1, 0.15) is 37.4 Å². The molecule has 0 aliphatic heterocycles. The van der Waals surface area contributed by atoms with Crippen LogP contribution in [0, 0.1) is 0 Å². The van der Waals surface area contributed by atoms with Gasteiger partial charge < -0.3 is 4.74 Å². The summed E-state index contributed by atoms with van der Waals surface area (Å²) in [5, 5.41) is 4.19.